The van der Waals surface area contributed by atoms with Crippen LogP contribution >= 0.6 is 15.9 Å². The molecule has 1 amide bonds. The van der Waals surface area contributed by atoms with Crippen molar-refractivity contribution in [1.29, 1.82) is 0 Å². The Kier molecular flexibility index (Phi) is 10.7. The van der Waals surface area contributed by atoms with Crippen LogP contribution in [-0.4, -0.2) is 66.1 Å². The van der Waals surface area contributed by atoms with E-state index in [9.17, 15) is 4.79 Å². The van der Waals surface area contributed by atoms with Gasteiger partial charge in [-0.25, -0.2) is 0 Å². The molecule has 0 radical (unpaired) electrons. The summed E-state index contributed by atoms with van der Waals surface area (Å²) in [5.74, 6) is 2.24. The second-order valence-corrected chi connectivity index (χ2v) is 15.6. The number of fused-ring (bicyclic) bond motifs is 2. The van der Waals surface area contributed by atoms with E-state index in [4.69, 9.17) is 4.84 Å². The van der Waals surface area contributed by atoms with Crippen molar-refractivity contribution in [3.05, 3.63) is 69.7 Å². The van der Waals surface area contributed by atoms with Gasteiger partial charge >= 0.3 is 0 Å². The van der Waals surface area contributed by atoms with Gasteiger partial charge < -0.3 is 10.2 Å². The predicted molar refractivity (Wildman–Crippen MR) is 178 cm³/mol. The molecule has 1 saturated heterocycles. The monoisotopic (exact) mass is 652 g/mol. The van der Waals surface area contributed by atoms with Crippen molar-refractivity contribution in [3.8, 4) is 0 Å². The van der Waals surface area contributed by atoms with Crippen molar-refractivity contribution in [2.45, 2.75) is 97.6 Å². The maximum atomic E-state index is 13.4. The van der Waals surface area contributed by atoms with Crippen LogP contribution in [0.4, 0.5) is 0 Å². The lowest BCUT2D eigenvalue weighted by molar-refractivity contribution is -0.159. The third kappa shape index (κ3) is 8.09. The topological polar surface area (TPSA) is 48.1 Å². The zero-order chi connectivity index (χ0) is 30.7. The van der Waals surface area contributed by atoms with Gasteiger partial charge in [0.15, 0.2) is 0 Å². The number of hydroxylamine groups is 2. The van der Waals surface area contributed by atoms with Crippen LogP contribution in [0.25, 0.3) is 0 Å². The number of halogens is 1. The van der Waals surface area contributed by atoms with E-state index in [1.54, 1.807) is 0 Å². The second kappa shape index (κ2) is 14.1. The van der Waals surface area contributed by atoms with Crippen molar-refractivity contribution in [2.24, 2.45) is 23.2 Å². The van der Waals surface area contributed by atoms with E-state index in [1.165, 1.54) is 23.1 Å². The molecule has 6 rings (SSSR count). The second-order valence-electron chi connectivity index (χ2n) is 14.7. The fourth-order valence-corrected chi connectivity index (χ4v) is 8.17. The number of likely N-dealkylation sites (N-methyl/N-ethyl adjacent to an activating group) is 1. The van der Waals surface area contributed by atoms with Crippen molar-refractivity contribution in [2.75, 3.05) is 27.2 Å². The number of amides is 1. The summed E-state index contributed by atoms with van der Waals surface area (Å²) in [6.07, 6.45) is 5.46. The zero-order valence-electron chi connectivity index (χ0n) is 27.2. The molecule has 1 aliphatic heterocycles. The highest BCUT2D eigenvalue weighted by molar-refractivity contribution is 9.10. The van der Waals surface area contributed by atoms with Gasteiger partial charge in [-0.15, -0.1) is 0 Å². The molecule has 3 aliphatic carbocycles. The number of hydrogen-bond donors (Lipinski definition) is 1. The van der Waals surface area contributed by atoms with Crippen LogP contribution in [-0.2, 0) is 29.3 Å². The van der Waals surface area contributed by atoms with Crippen molar-refractivity contribution in [1.82, 2.24) is 20.2 Å². The zero-order valence-corrected chi connectivity index (χ0v) is 28.8. The van der Waals surface area contributed by atoms with E-state index in [-0.39, 0.29) is 11.9 Å². The lowest BCUT2D eigenvalue weighted by Gasteiger charge is -2.59. The maximum absolute atomic E-state index is 13.4. The van der Waals surface area contributed by atoms with Crippen molar-refractivity contribution < 1.29 is 9.63 Å². The number of nitrogens with one attached hydrogen (secondary N) is 1. The Balaban J connectivity index is 1.26. The summed E-state index contributed by atoms with van der Waals surface area (Å²) in [4.78, 5) is 24.4. The lowest BCUT2D eigenvalue weighted by atomic mass is 9.48. The molecule has 0 aromatic heterocycles. The molecule has 1 heterocycles. The van der Waals surface area contributed by atoms with Crippen molar-refractivity contribution >= 4 is 21.8 Å². The van der Waals surface area contributed by atoms with Gasteiger partial charge in [0, 0.05) is 42.7 Å². The molecule has 2 aromatic carbocycles. The third-order valence-electron chi connectivity index (χ3n) is 10.3. The Morgan fingerprint density at radius 3 is 2.44 bits per heavy atom. The first-order valence-electron chi connectivity index (χ1n) is 16.4. The molecule has 0 spiro atoms. The van der Waals surface area contributed by atoms with Gasteiger partial charge in [-0.1, -0.05) is 86.1 Å². The van der Waals surface area contributed by atoms with Gasteiger partial charge in [0.2, 0.25) is 5.91 Å². The van der Waals surface area contributed by atoms with E-state index in [2.05, 4.69) is 121 Å². The summed E-state index contributed by atoms with van der Waals surface area (Å²) >= 11 is 3.79. The normalized spacial score (nSPS) is 25.7. The fourth-order valence-electron chi connectivity index (χ4n) is 7.76. The van der Waals surface area contributed by atoms with Crippen LogP contribution in [0.15, 0.2) is 53.0 Å². The SMILES string of the molecule is CC(C)C[C@@H](CN(C)C)N(Cc1cccc(CN2OCC[C@H]2C(=O)NC2C[C@@H]3C[C@H](C2)C3(C)C)c1)Cc1ccccc1Br. The number of carbonyl (C=O) groups is 1. The number of rotatable bonds is 13. The number of hydrogen-bond acceptors (Lipinski definition) is 5. The fraction of sp³-hybridized carbons (Fsp3) is 0.639. The molecule has 2 aromatic rings. The van der Waals surface area contributed by atoms with Crippen LogP contribution in [0.2, 0.25) is 0 Å². The highest BCUT2D eigenvalue weighted by Crippen LogP contribution is 2.59. The number of benzene rings is 2. The summed E-state index contributed by atoms with van der Waals surface area (Å²) in [6.45, 7) is 13.4. The van der Waals surface area contributed by atoms with E-state index in [1.807, 2.05) is 5.06 Å². The average molecular weight is 654 g/mol. The Morgan fingerprint density at radius 2 is 1.77 bits per heavy atom. The smallest absolute Gasteiger partial charge is 0.240 e. The molecule has 4 aliphatic rings. The molecule has 2 bridgehead atoms. The molecule has 236 valence electrons. The summed E-state index contributed by atoms with van der Waals surface area (Å²) in [6, 6.07) is 18.0. The first kappa shape index (κ1) is 32.6. The largest absolute Gasteiger partial charge is 0.352 e. The van der Waals surface area contributed by atoms with Gasteiger partial charge in [-0.05, 0) is 92.1 Å². The maximum Gasteiger partial charge on any atom is 0.240 e. The molecular formula is C36H53BrN4O2. The molecule has 7 heteroatoms. The molecular weight excluding hydrogens is 600 g/mol. The number of nitrogens with zero attached hydrogens (tertiary/aromatic N) is 3. The van der Waals surface area contributed by atoms with Crippen LogP contribution in [0.5, 0.6) is 0 Å². The molecule has 4 fully saturated rings. The highest BCUT2D eigenvalue weighted by Gasteiger charge is 2.53. The van der Waals surface area contributed by atoms with E-state index >= 15 is 0 Å². The van der Waals surface area contributed by atoms with Crippen LogP contribution in [0.1, 0.15) is 76.5 Å². The Morgan fingerprint density at radius 1 is 1.05 bits per heavy atom. The summed E-state index contributed by atoms with van der Waals surface area (Å²) in [5.41, 5.74) is 4.24. The first-order valence-corrected chi connectivity index (χ1v) is 17.2. The third-order valence-corrected chi connectivity index (χ3v) is 11.1. The van der Waals surface area contributed by atoms with Gasteiger partial charge in [-0.3, -0.25) is 14.5 Å². The lowest BCUT2D eigenvalue weighted by Crippen LogP contribution is -2.57. The Bertz CT molecular complexity index is 1210. The van der Waals surface area contributed by atoms with Gasteiger partial charge in [-0.2, -0.15) is 5.06 Å². The summed E-state index contributed by atoms with van der Waals surface area (Å²) in [7, 11) is 4.34. The Labute approximate surface area is 268 Å². The molecule has 1 unspecified atom stereocenters. The molecule has 1 N–H and O–H groups in total. The van der Waals surface area contributed by atoms with Gasteiger partial charge in [0.25, 0.3) is 0 Å². The predicted octanol–water partition coefficient (Wildman–Crippen LogP) is 6.87. The van der Waals surface area contributed by atoms with Gasteiger partial charge in [0.05, 0.1) is 6.61 Å². The van der Waals surface area contributed by atoms with Crippen LogP contribution in [0, 0.1) is 23.2 Å². The molecule has 3 saturated carbocycles. The standard InChI is InChI=1S/C36H53BrN4O2/c1-25(2)16-32(24-39(5)6)40(23-28-12-7-8-13-33(28)37)21-26-10-9-11-27(17-26)22-41-34(14-15-43-41)35(42)38-31-19-29-18-30(20-31)36(29,3)4/h7-13,17,25,29-32,34H,14-16,18-24H2,1-6H3,(H,38,42)/t29-,30+,31?,32-,34-/m0/s1. The molecule has 6 nitrogen and oxygen atoms in total. The molecule has 5 atom stereocenters. The summed E-state index contributed by atoms with van der Waals surface area (Å²) in [5, 5.41) is 5.33. The minimum Gasteiger partial charge on any atom is -0.352 e. The number of carbonyl (C=O) groups excluding carboxylic acids is 1. The van der Waals surface area contributed by atoms with E-state index < -0.39 is 0 Å². The van der Waals surface area contributed by atoms with Crippen LogP contribution in [0.3, 0.4) is 0 Å². The quantitative estimate of drug-likeness (QED) is 0.256. The van der Waals surface area contributed by atoms with Crippen molar-refractivity contribution in [3.63, 3.8) is 0 Å². The first-order chi connectivity index (χ1) is 20.5. The van der Waals surface area contributed by atoms with Gasteiger partial charge in [0.1, 0.15) is 6.04 Å². The Hall–Kier alpha value is -1.77. The molecule has 43 heavy (non-hydrogen) atoms. The van der Waals surface area contributed by atoms with Crippen LogP contribution < -0.4 is 5.32 Å². The minimum atomic E-state index is -0.225. The minimum absolute atomic E-state index is 0.137. The van der Waals surface area contributed by atoms with E-state index in [0.29, 0.717) is 36.6 Å². The highest BCUT2D eigenvalue weighted by atomic mass is 79.9. The summed E-state index contributed by atoms with van der Waals surface area (Å²) < 4.78 is 1.16. The van der Waals surface area contributed by atoms with E-state index in [0.717, 1.165) is 61.6 Å². The average Bonchev–Trinajstić information content (AvgIpc) is 3.41.